The Morgan fingerprint density at radius 3 is 2.78 bits per heavy atom. The third kappa shape index (κ3) is 1.91. The molecule has 3 heterocycles. The summed E-state index contributed by atoms with van der Waals surface area (Å²) in [6.45, 7) is 10.4. The third-order valence-corrected chi connectivity index (χ3v) is 4.46. The summed E-state index contributed by atoms with van der Waals surface area (Å²) in [6.07, 6.45) is 3.51. The van der Waals surface area contributed by atoms with Crippen LogP contribution < -0.4 is 10.6 Å². The van der Waals surface area contributed by atoms with Gasteiger partial charge in [0.25, 0.3) is 5.69 Å². The van der Waals surface area contributed by atoms with Crippen LogP contribution in [0.15, 0.2) is 4.60 Å². The molecule has 2 aliphatic heterocycles. The molecule has 5 nitrogen and oxygen atoms in total. The van der Waals surface area contributed by atoms with E-state index < -0.39 is 0 Å². The molecular weight excluding hydrogens is 294 g/mol. The molecule has 0 aliphatic carbocycles. The van der Waals surface area contributed by atoms with Gasteiger partial charge in [-0.05, 0) is 54.2 Å². The van der Waals surface area contributed by atoms with Crippen molar-refractivity contribution in [2.45, 2.75) is 25.3 Å². The van der Waals surface area contributed by atoms with Crippen molar-refractivity contribution in [3.05, 3.63) is 16.0 Å². The first-order valence-corrected chi connectivity index (χ1v) is 7.20. The summed E-state index contributed by atoms with van der Waals surface area (Å²) in [5.74, 6) is 1.57. The molecule has 0 amide bonds. The van der Waals surface area contributed by atoms with E-state index in [4.69, 9.17) is 6.57 Å². The number of aromatic nitrogens is 2. The Morgan fingerprint density at radius 1 is 1.28 bits per heavy atom. The molecule has 1 fully saturated rings. The van der Waals surface area contributed by atoms with Crippen LogP contribution in [-0.2, 0) is 0 Å². The van der Waals surface area contributed by atoms with Crippen LogP contribution in [0.5, 0.6) is 0 Å². The molecule has 2 N–H and O–H groups in total. The quantitative estimate of drug-likeness (QED) is 0.784. The molecule has 1 aromatic heterocycles. The molecule has 1 atom stereocenters. The van der Waals surface area contributed by atoms with Crippen LogP contribution in [0.3, 0.4) is 0 Å². The maximum atomic E-state index is 7.24. The van der Waals surface area contributed by atoms with E-state index in [1.807, 2.05) is 4.68 Å². The van der Waals surface area contributed by atoms with Gasteiger partial charge in [0, 0.05) is 6.54 Å². The molecule has 1 aromatic rings. The van der Waals surface area contributed by atoms with Gasteiger partial charge in [-0.25, -0.2) is 4.85 Å². The van der Waals surface area contributed by atoms with Crippen LogP contribution in [-0.4, -0.2) is 29.4 Å². The van der Waals surface area contributed by atoms with Crippen LogP contribution in [0.2, 0.25) is 0 Å². The summed E-state index contributed by atoms with van der Waals surface area (Å²) in [4.78, 5) is 3.57. The lowest BCUT2D eigenvalue weighted by molar-refractivity contribution is 0.231. The monoisotopic (exact) mass is 309 g/mol. The fourth-order valence-corrected chi connectivity index (χ4v) is 3.47. The van der Waals surface area contributed by atoms with Crippen molar-refractivity contribution in [1.29, 1.82) is 0 Å². The first kappa shape index (κ1) is 12.0. The first-order chi connectivity index (χ1) is 8.81. The van der Waals surface area contributed by atoms with Gasteiger partial charge in [0.1, 0.15) is 10.4 Å². The van der Waals surface area contributed by atoms with E-state index in [-0.39, 0.29) is 0 Å². The molecule has 0 saturated carbocycles. The van der Waals surface area contributed by atoms with Gasteiger partial charge in [0.05, 0.1) is 12.6 Å². The van der Waals surface area contributed by atoms with E-state index in [1.165, 1.54) is 12.8 Å². The van der Waals surface area contributed by atoms with Gasteiger partial charge in [-0.3, -0.25) is 4.68 Å². The van der Waals surface area contributed by atoms with Crippen LogP contribution in [0.1, 0.15) is 25.3 Å². The second-order valence-corrected chi connectivity index (χ2v) is 5.67. The van der Waals surface area contributed by atoms with Gasteiger partial charge in [-0.15, -0.1) is 0 Å². The van der Waals surface area contributed by atoms with Crippen molar-refractivity contribution < 1.29 is 0 Å². The number of rotatable bonds is 1. The summed E-state index contributed by atoms with van der Waals surface area (Å²) in [6, 6.07) is 0.440. The molecule has 96 valence electrons. The largest absolute Gasteiger partial charge is 0.379 e. The van der Waals surface area contributed by atoms with Crippen molar-refractivity contribution in [1.82, 2.24) is 15.1 Å². The number of hydrogen-bond donors (Lipinski definition) is 2. The predicted octanol–water partition coefficient (Wildman–Crippen LogP) is 2.55. The number of nitrogens with one attached hydrogen (secondary N) is 2. The molecule has 0 unspecified atom stereocenters. The zero-order valence-corrected chi connectivity index (χ0v) is 11.7. The summed E-state index contributed by atoms with van der Waals surface area (Å²) < 4.78 is 2.71. The van der Waals surface area contributed by atoms with Crippen molar-refractivity contribution in [3.63, 3.8) is 0 Å². The Labute approximate surface area is 115 Å². The second kappa shape index (κ2) is 4.90. The van der Waals surface area contributed by atoms with Crippen LogP contribution in [0.4, 0.5) is 11.5 Å². The van der Waals surface area contributed by atoms with Crippen molar-refractivity contribution in [3.8, 4) is 0 Å². The SMILES string of the molecule is [C-]#[N+]c1c(Br)nn2c1NCC[C@H]2C1CCNCC1. The normalized spacial score (nSPS) is 24.1. The Hall–Kier alpha value is -1.06. The first-order valence-electron chi connectivity index (χ1n) is 6.41. The average Bonchev–Trinajstić information content (AvgIpc) is 2.74. The molecular formula is C12H16BrN5. The van der Waals surface area contributed by atoms with Gasteiger partial charge in [-0.2, -0.15) is 5.10 Å². The molecule has 18 heavy (non-hydrogen) atoms. The minimum absolute atomic E-state index is 0.440. The van der Waals surface area contributed by atoms with Gasteiger partial charge in [0.2, 0.25) is 0 Å². The molecule has 0 aromatic carbocycles. The zero-order chi connectivity index (χ0) is 12.5. The number of nitrogens with zero attached hydrogens (tertiary/aromatic N) is 3. The van der Waals surface area contributed by atoms with E-state index in [1.54, 1.807) is 0 Å². The highest BCUT2D eigenvalue weighted by atomic mass is 79.9. The smallest absolute Gasteiger partial charge is 0.261 e. The van der Waals surface area contributed by atoms with E-state index in [2.05, 4.69) is 36.5 Å². The van der Waals surface area contributed by atoms with Gasteiger partial charge in [0.15, 0.2) is 0 Å². The molecule has 2 aliphatic rings. The minimum atomic E-state index is 0.440. The molecule has 6 heteroatoms. The van der Waals surface area contributed by atoms with Crippen molar-refractivity contribution in [2.24, 2.45) is 5.92 Å². The van der Waals surface area contributed by atoms with Crippen molar-refractivity contribution in [2.75, 3.05) is 25.0 Å². The minimum Gasteiger partial charge on any atom is -0.379 e. The van der Waals surface area contributed by atoms with Gasteiger partial charge in [-0.1, -0.05) is 0 Å². The van der Waals surface area contributed by atoms with Gasteiger partial charge >= 0.3 is 0 Å². The second-order valence-electron chi connectivity index (χ2n) is 4.91. The van der Waals surface area contributed by atoms with Crippen LogP contribution in [0, 0.1) is 12.5 Å². The van der Waals surface area contributed by atoms with Crippen LogP contribution in [0.25, 0.3) is 4.85 Å². The predicted molar refractivity (Wildman–Crippen MR) is 73.9 cm³/mol. The summed E-state index contributed by atoms with van der Waals surface area (Å²) in [5.41, 5.74) is 0.619. The molecule has 1 saturated heterocycles. The lowest BCUT2D eigenvalue weighted by atomic mass is 9.88. The molecule has 3 rings (SSSR count). The highest BCUT2D eigenvalue weighted by molar-refractivity contribution is 9.10. The Bertz CT molecular complexity index is 483. The summed E-state index contributed by atoms with van der Waals surface area (Å²) in [7, 11) is 0. The Morgan fingerprint density at radius 2 is 2.06 bits per heavy atom. The zero-order valence-electron chi connectivity index (χ0n) is 10.1. The lowest BCUT2D eigenvalue weighted by Crippen LogP contribution is -2.36. The highest BCUT2D eigenvalue weighted by Crippen LogP contribution is 2.41. The highest BCUT2D eigenvalue weighted by Gasteiger charge is 2.32. The fraction of sp³-hybridized carbons (Fsp3) is 0.667. The number of piperidine rings is 1. The van der Waals surface area contributed by atoms with Gasteiger partial charge < -0.3 is 10.6 Å². The molecule has 0 spiro atoms. The maximum absolute atomic E-state index is 7.24. The molecule has 0 bridgehead atoms. The summed E-state index contributed by atoms with van der Waals surface area (Å²) >= 11 is 3.39. The van der Waals surface area contributed by atoms with Crippen LogP contribution >= 0.6 is 15.9 Å². The lowest BCUT2D eigenvalue weighted by Gasteiger charge is -2.35. The average molecular weight is 310 g/mol. The van der Waals surface area contributed by atoms with E-state index in [9.17, 15) is 0 Å². The summed E-state index contributed by atoms with van der Waals surface area (Å²) in [5, 5.41) is 11.2. The Balaban J connectivity index is 1.94. The third-order valence-electron chi connectivity index (χ3n) is 3.93. The number of hydrogen-bond acceptors (Lipinski definition) is 3. The topological polar surface area (TPSA) is 46.2 Å². The number of anilines is 1. The number of halogens is 1. The van der Waals surface area contributed by atoms with E-state index in [0.717, 1.165) is 31.9 Å². The fourth-order valence-electron chi connectivity index (χ4n) is 3.03. The number of fused-ring (bicyclic) bond motifs is 1. The maximum Gasteiger partial charge on any atom is 0.261 e. The Kier molecular flexibility index (Phi) is 3.27. The standard InChI is InChI=1S/C12H16BrN5/c1-14-10-11(13)17-18-9(4-7-16-12(10)18)8-2-5-15-6-3-8/h8-9,15-16H,2-7H2/t9-/m0/s1. The molecule has 0 radical (unpaired) electrons. The van der Waals surface area contributed by atoms with E-state index in [0.29, 0.717) is 22.3 Å². The van der Waals surface area contributed by atoms with Crippen molar-refractivity contribution >= 4 is 27.4 Å². The van der Waals surface area contributed by atoms with E-state index >= 15 is 0 Å².